The van der Waals surface area contributed by atoms with E-state index in [1.807, 2.05) is 6.07 Å². The highest BCUT2D eigenvalue weighted by Crippen LogP contribution is 2.36. The van der Waals surface area contributed by atoms with Gasteiger partial charge in [-0.3, -0.25) is 4.79 Å². The van der Waals surface area contributed by atoms with Crippen molar-refractivity contribution in [2.45, 2.75) is 18.8 Å². The summed E-state index contributed by atoms with van der Waals surface area (Å²) in [6, 6.07) is 11.4. The van der Waals surface area contributed by atoms with E-state index in [9.17, 15) is 9.18 Å². The molecule has 4 nitrogen and oxygen atoms in total. The van der Waals surface area contributed by atoms with Crippen LogP contribution in [0.5, 0.6) is 0 Å². The molecule has 2 heterocycles. The molecule has 2 aromatic carbocycles. The number of H-pyrrole nitrogens is 1. The number of aromatic amines is 1. The number of hydrogen-bond donors (Lipinski definition) is 2. The molecule has 1 amide bonds. The van der Waals surface area contributed by atoms with Gasteiger partial charge in [0.1, 0.15) is 5.82 Å². The standard InChI is InChI=1S/C20H19BrFN3O/c21-13-9-16(22)19(20(23)26)18(10-13)25-7-5-12(6-8-25)15-11-24-17-4-2-1-3-14(15)17/h1-4,9-12,24H,5-8H2,(H2,23,26). The quantitative estimate of drug-likeness (QED) is 0.658. The number of hydrogen-bond acceptors (Lipinski definition) is 2. The molecule has 1 aromatic heterocycles. The van der Waals surface area contributed by atoms with Crippen molar-refractivity contribution in [3.63, 3.8) is 0 Å². The first-order valence-corrected chi connectivity index (χ1v) is 9.43. The summed E-state index contributed by atoms with van der Waals surface area (Å²) in [5, 5.41) is 1.26. The molecule has 0 bridgehead atoms. The first kappa shape index (κ1) is 17.1. The molecule has 1 fully saturated rings. The van der Waals surface area contributed by atoms with Crippen LogP contribution in [-0.4, -0.2) is 24.0 Å². The number of rotatable bonds is 3. The Morgan fingerprint density at radius 3 is 2.69 bits per heavy atom. The number of nitrogens with one attached hydrogen (secondary N) is 1. The summed E-state index contributed by atoms with van der Waals surface area (Å²) in [6.07, 6.45) is 3.97. The maximum Gasteiger partial charge on any atom is 0.253 e. The number of halogens is 2. The van der Waals surface area contributed by atoms with Gasteiger partial charge in [0.05, 0.1) is 11.3 Å². The monoisotopic (exact) mass is 415 g/mol. The van der Waals surface area contributed by atoms with E-state index in [0.717, 1.165) is 31.4 Å². The van der Waals surface area contributed by atoms with Crippen LogP contribution in [0.3, 0.4) is 0 Å². The molecule has 26 heavy (non-hydrogen) atoms. The van der Waals surface area contributed by atoms with E-state index in [4.69, 9.17) is 5.73 Å². The van der Waals surface area contributed by atoms with Gasteiger partial charge >= 0.3 is 0 Å². The minimum Gasteiger partial charge on any atom is -0.371 e. The molecule has 4 rings (SSSR count). The lowest BCUT2D eigenvalue weighted by Crippen LogP contribution is -2.34. The molecule has 0 spiro atoms. The fraction of sp³-hybridized carbons (Fsp3) is 0.250. The van der Waals surface area contributed by atoms with Gasteiger partial charge < -0.3 is 15.6 Å². The molecule has 1 saturated heterocycles. The van der Waals surface area contributed by atoms with Gasteiger partial charge in [0, 0.05) is 34.7 Å². The molecule has 0 atom stereocenters. The van der Waals surface area contributed by atoms with Crippen LogP contribution in [0.15, 0.2) is 47.1 Å². The van der Waals surface area contributed by atoms with Gasteiger partial charge in [-0.2, -0.15) is 0 Å². The minimum atomic E-state index is -0.733. The van der Waals surface area contributed by atoms with E-state index in [2.05, 4.69) is 50.2 Å². The Kier molecular flexibility index (Phi) is 4.44. The van der Waals surface area contributed by atoms with Crippen LogP contribution >= 0.6 is 15.9 Å². The van der Waals surface area contributed by atoms with Crippen LogP contribution in [-0.2, 0) is 0 Å². The van der Waals surface area contributed by atoms with Crippen LogP contribution < -0.4 is 10.6 Å². The molecule has 0 unspecified atom stereocenters. The smallest absolute Gasteiger partial charge is 0.253 e. The summed E-state index contributed by atoms with van der Waals surface area (Å²) in [4.78, 5) is 17.1. The Morgan fingerprint density at radius 2 is 1.96 bits per heavy atom. The Hall–Kier alpha value is -2.34. The molecule has 0 aliphatic carbocycles. The van der Waals surface area contributed by atoms with E-state index in [1.165, 1.54) is 17.0 Å². The summed E-state index contributed by atoms with van der Waals surface area (Å²) in [6.45, 7) is 1.50. The van der Waals surface area contributed by atoms with Crippen LogP contribution in [0.25, 0.3) is 10.9 Å². The fourth-order valence-electron chi connectivity index (χ4n) is 3.92. The number of carbonyl (C=O) groups is 1. The van der Waals surface area contributed by atoms with Gasteiger partial charge in [-0.15, -0.1) is 0 Å². The Bertz CT molecular complexity index is 976. The number of para-hydroxylation sites is 1. The van der Waals surface area contributed by atoms with E-state index in [0.29, 0.717) is 16.1 Å². The highest BCUT2D eigenvalue weighted by molar-refractivity contribution is 9.10. The van der Waals surface area contributed by atoms with E-state index in [1.54, 1.807) is 6.07 Å². The third-order valence-corrected chi connectivity index (χ3v) is 5.64. The van der Waals surface area contributed by atoms with Crippen LogP contribution in [0.1, 0.15) is 34.7 Å². The number of piperidine rings is 1. The Labute approximate surface area is 159 Å². The fourth-order valence-corrected chi connectivity index (χ4v) is 4.33. The van der Waals surface area contributed by atoms with Crippen LogP contribution in [0.2, 0.25) is 0 Å². The predicted octanol–water partition coefficient (Wildman–Crippen LogP) is 4.55. The molecule has 1 aliphatic rings. The van der Waals surface area contributed by atoms with E-state index in [-0.39, 0.29) is 5.56 Å². The third kappa shape index (κ3) is 2.98. The van der Waals surface area contributed by atoms with Gasteiger partial charge in [0.2, 0.25) is 0 Å². The molecule has 6 heteroatoms. The van der Waals surface area contributed by atoms with Crippen LogP contribution in [0.4, 0.5) is 10.1 Å². The number of primary amides is 1. The van der Waals surface area contributed by atoms with Gasteiger partial charge in [-0.1, -0.05) is 34.1 Å². The van der Waals surface area contributed by atoms with Crippen molar-refractivity contribution in [2.24, 2.45) is 5.73 Å². The number of fused-ring (bicyclic) bond motifs is 1. The predicted molar refractivity (Wildman–Crippen MR) is 105 cm³/mol. The summed E-state index contributed by atoms with van der Waals surface area (Å²) in [7, 11) is 0. The summed E-state index contributed by atoms with van der Waals surface area (Å²) >= 11 is 3.31. The lowest BCUT2D eigenvalue weighted by atomic mass is 9.89. The molecule has 1 aliphatic heterocycles. The Balaban J connectivity index is 1.59. The van der Waals surface area contributed by atoms with Crippen molar-refractivity contribution >= 4 is 38.4 Å². The third-order valence-electron chi connectivity index (χ3n) is 5.18. The second kappa shape index (κ2) is 6.76. The topological polar surface area (TPSA) is 62.1 Å². The molecule has 3 aromatic rings. The Morgan fingerprint density at radius 1 is 1.23 bits per heavy atom. The number of aromatic nitrogens is 1. The highest BCUT2D eigenvalue weighted by atomic mass is 79.9. The SMILES string of the molecule is NC(=O)c1c(F)cc(Br)cc1N1CCC(c2c[nH]c3ccccc23)CC1. The van der Waals surface area contributed by atoms with Gasteiger partial charge in [0.15, 0.2) is 0 Å². The highest BCUT2D eigenvalue weighted by Gasteiger charge is 2.26. The molecular formula is C20H19BrFN3O. The summed E-state index contributed by atoms with van der Waals surface area (Å²) < 4.78 is 14.8. The number of nitrogens with zero attached hydrogens (tertiary/aromatic N) is 1. The first-order valence-electron chi connectivity index (χ1n) is 8.64. The largest absolute Gasteiger partial charge is 0.371 e. The van der Waals surface area contributed by atoms with Crippen molar-refractivity contribution in [1.82, 2.24) is 4.98 Å². The maximum atomic E-state index is 14.2. The molecule has 3 N–H and O–H groups in total. The second-order valence-electron chi connectivity index (χ2n) is 6.70. The van der Waals surface area contributed by atoms with Crippen molar-refractivity contribution in [1.29, 1.82) is 0 Å². The van der Waals surface area contributed by atoms with Crippen molar-refractivity contribution in [3.8, 4) is 0 Å². The maximum absolute atomic E-state index is 14.2. The zero-order valence-corrected chi connectivity index (χ0v) is 15.7. The lowest BCUT2D eigenvalue weighted by molar-refractivity contribution is 0.0997. The normalized spacial score (nSPS) is 15.5. The molecular weight excluding hydrogens is 397 g/mol. The van der Waals surface area contributed by atoms with E-state index >= 15 is 0 Å². The number of nitrogens with two attached hydrogens (primary N) is 1. The number of carbonyl (C=O) groups excluding carboxylic acids is 1. The number of anilines is 1. The molecule has 0 radical (unpaired) electrons. The first-order chi connectivity index (χ1) is 12.5. The average Bonchev–Trinajstić information content (AvgIpc) is 3.05. The van der Waals surface area contributed by atoms with E-state index < -0.39 is 11.7 Å². The number of amides is 1. The van der Waals surface area contributed by atoms with Crippen molar-refractivity contribution in [2.75, 3.05) is 18.0 Å². The summed E-state index contributed by atoms with van der Waals surface area (Å²) in [5.41, 5.74) is 8.43. The van der Waals surface area contributed by atoms with Gasteiger partial charge in [0.25, 0.3) is 5.91 Å². The lowest BCUT2D eigenvalue weighted by Gasteiger charge is -2.34. The second-order valence-corrected chi connectivity index (χ2v) is 7.61. The summed E-state index contributed by atoms with van der Waals surface area (Å²) in [5.74, 6) is -0.874. The van der Waals surface area contributed by atoms with Crippen molar-refractivity contribution < 1.29 is 9.18 Å². The molecule has 134 valence electrons. The number of benzene rings is 2. The van der Waals surface area contributed by atoms with Gasteiger partial charge in [-0.05, 0) is 42.5 Å². The van der Waals surface area contributed by atoms with Crippen LogP contribution in [0, 0.1) is 5.82 Å². The zero-order chi connectivity index (χ0) is 18.3. The minimum absolute atomic E-state index is 0.0289. The average molecular weight is 416 g/mol. The zero-order valence-electron chi connectivity index (χ0n) is 14.1. The van der Waals surface area contributed by atoms with Gasteiger partial charge in [-0.25, -0.2) is 4.39 Å². The molecule has 0 saturated carbocycles. The van der Waals surface area contributed by atoms with Crippen molar-refractivity contribution in [3.05, 3.63) is 64.0 Å².